The number of aromatic nitrogens is 1. The Balaban J connectivity index is 1.79. The van der Waals surface area contributed by atoms with E-state index in [-0.39, 0.29) is 12.1 Å². The van der Waals surface area contributed by atoms with Gasteiger partial charge in [-0.1, -0.05) is 6.07 Å². The lowest BCUT2D eigenvalue weighted by atomic mass is 10.2. The molecule has 4 heteroatoms. The zero-order chi connectivity index (χ0) is 10.5. The predicted octanol–water partition coefficient (Wildman–Crippen LogP) is 1.04. The molecule has 0 radical (unpaired) electrons. The van der Waals surface area contributed by atoms with Crippen LogP contribution in [-0.4, -0.2) is 30.3 Å². The Kier molecular flexibility index (Phi) is 3.09. The first-order valence-electron chi connectivity index (χ1n) is 4.71. The lowest BCUT2D eigenvalue weighted by molar-refractivity contribution is -0.138. The van der Waals surface area contributed by atoms with E-state index in [9.17, 15) is 4.79 Å². The van der Waals surface area contributed by atoms with Crippen LogP contribution in [-0.2, 0) is 14.3 Å². The van der Waals surface area contributed by atoms with Crippen LogP contribution < -0.4 is 0 Å². The lowest BCUT2D eigenvalue weighted by Gasteiger charge is -1.96. The van der Waals surface area contributed by atoms with E-state index in [1.807, 2.05) is 12.1 Å². The molecule has 1 unspecified atom stereocenters. The standard InChI is InChI=1S/C11H11NO3/c13-11(15-8-10-7-14-10)4-3-9-2-1-5-12-6-9/h1-6,10H,7-8H2/b4-3+. The molecule has 0 amide bonds. The molecular formula is C11H11NO3. The van der Waals surface area contributed by atoms with Crippen LogP contribution in [0.4, 0.5) is 0 Å². The highest BCUT2D eigenvalue weighted by atomic mass is 16.6. The minimum atomic E-state index is -0.352. The molecule has 1 fully saturated rings. The molecule has 2 rings (SSSR count). The van der Waals surface area contributed by atoms with Crippen molar-refractivity contribution in [2.24, 2.45) is 0 Å². The highest BCUT2D eigenvalue weighted by Crippen LogP contribution is 2.08. The molecule has 15 heavy (non-hydrogen) atoms. The van der Waals surface area contributed by atoms with Crippen LogP contribution in [0.2, 0.25) is 0 Å². The molecule has 1 aromatic rings. The SMILES string of the molecule is O=C(/C=C/c1cccnc1)OCC1CO1. The van der Waals surface area contributed by atoms with Crippen LogP contribution in [0.25, 0.3) is 6.08 Å². The summed E-state index contributed by atoms with van der Waals surface area (Å²) in [5, 5.41) is 0. The fourth-order valence-electron chi connectivity index (χ4n) is 1.03. The smallest absolute Gasteiger partial charge is 0.330 e. The van der Waals surface area contributed by atoms with Gasteiger partial charge in [-0.3, -0.25) is 4.98 Å². The number of esters is 1. The van der Waals surface area contributed by atoms with Gasteiger partial charge in [0, 0.05) is 18.5 Å². The van der Waals surface area contributed by atoms with Crippen molar-refractivity contribution in [2.75, 3.05) is 13.2 Å². The van der Waals surface area contributed by atoms with Crippen molar-refractivity contribution < 1.29 is 14.3 Å². The van der Waals surface area contributed by atoms with Crippen molar-refractivity contribution in [3.05, 3.63) is 36.2 Å². The number of carbonyl (C=O) groups is 1. The predicted molar refractivity (Wildman–Crippen MR) is 54.0 cm³/mol. The number of pyridine rings is 1. The van der Waals surface area contributed by atoms with Gasteiger partial charge in [0.25, 0.3) is 0 Å². The summed E-state index contributed by atoms with van der Waals surface area (Å²) in [5.74, 6) is -0.352. The van der Waals surface area contributed by atoms with Gasteiger partial charge < -0.3 is 9.47 Å². The third-order valence-corrected chi connectivity index (χ3v) is 1.91. The van der Waals surface area contributed by atoms with Gasteiger partial charge >= 0.3 is 5.97 Å². The summed E-state index contributed by atoms with van der Waals surface area (Å²) in [6, 6.07) is 3.67. The lowest BCUT2D eigenvalue weighted by Crippen LogP contribution is -2.06. The second-order valence-corrected chi connectivity index (χ2v) is 3.21. The molecule has 0 N–H and O–H groups in total. The summed E-state index contributed by atoms with van der Waals surface area (Å²) >= 11 is 0. The molecule has 1 aliphatic rings. The number of rotatable bonds is 4. The normalized spacial score (nSPS) is 19.1. The molecule has 1 aliphatic heterocycles. The summed E-state index contributed by atoms with van der Waals surface area (Å²) in [5.41, 5.74) is 0.872. The number of nitrogens with zero attached hydrogens (tertiary/aromatic N) is 1. The summed E-state index contributed by atoms with van der Waals surface area (Å²) in [6.07, 6.45) is 6.52. The molecule has 4 nitrogen and oxygen atoms in total. The van der Waals surface area contributed by atoms with Crippen LogP contribution in [0.1, 0.15) is 5.56 Å². The Bertz CT molecular complexity index is 357. The first-order valence-corrected chi connectivity index (χ1v) is 4.71. The van der Waals surface area contributed by atoms with Crippen molar-refractivity contribution in [1.82, 2.24) is 4.98 Å². The van der Waals surface area contributed by atoms with Crippen molar-refractivity contribution in [1.29, 1.82) is 0 Å². The maximum Gasteiger partial charge on any atom is 0.330 e. The fraction of sp³-hybridized carbons (Fsp3) is 0.273. The maximum atomic E-state index is 11.2. The number of hydrogen-bond acceptors (Lipinski definition) is 4. The van der Waals surface area contributed by atoms with Gasteiger partial charge in [0.2, 0.25) is 0 Å². The van der Waals surface area contributed by atoms with Crippen LogP contribution in [0, 0.1) is 0 Å². The Morgan fingerprint density at radius 3 is 3.27 bits per heavy atom. The van der Waals surface area contributed by atoms with Crippen molar-refractivity contribution in [2.45, 2.75) is 6.10 Å². The van der Waals surface area contributed by atoms with Crippen LogP contribution >= 0.6 is 0 Å². The van der Waals surface area contributed by atoms with E-state index < -0.39 is 0 Å². The van der Waals surface area contributed by atoms with Crippen LogP contribution in [0.15, 0.2) is 30.6 Å². The average molecular weight is 205 g/mol. The second-order valence-electron chi connectivity index (χ2n) is 3.21. The number of ether oxygens (including phenoxy) is 2. The van der Waals surface area contributed by atoms with E-state index in [2.05, 4.69) is 4.98 Å². The zero-order valence-corrected chi connectivity index (χ0v) is 8.13. The minimum absolute atomic E-state index is 0.112. The van der Waals surface area contributed by atoms with Gasteiger partial charge in [-0.15, -0.1) is 0 Å². The van der Waals surface area contributed by atoms with Crippen LogP contribution in [0.5, 0.6) is 0 Å². The third-order valence-electron chi connectivity index (χ3n) is 1.91. The summed E-state index contributed by atoms with van der Waals surface area (Å²) in [6.45, 7) is 1.04. The maximum absolute atomic E-state index is 11.2. The monoisotopic (exact) mass is 205 g/mol. The van der Waals surface area contributed by atoms with E-state index in [1.54, 1.807) is 18.5 Å². The molecule has 1 saturated heterocycles. The largest absolute Gasteiger partial charge is 0.460 e. The Morgan fingerprint density at radius 1 is 1.73 bits per heavy atom. The van der Waals surface area contributed by atoms with E-state index in [0.29, 0.717) is 13.2 Å². The van der Waals surface area contributed by atoms with Gasteiger partial charge in [-0.05, 0) is 17.7 Å². The topological polar surface area (TPSA) is 51.7 Å². The Morgan fingerprint density at radius 2 is 2.60 bits per heavy atom. The molecule has 0 saturated carbocycles. The molecular weight excluding hydrogens is 194 g/mol. The number of carbonyl (C=O) groups excluding carboxylic acids is 1. The molecule has 1 atom stereocenters. The van der Waals surface area contributed by atoms with Gasteiger partial charge in [0.05, 0.1) is 6.61 Å². The average Bonchev–Trinajstić information content (AvgIpc) is 3.09. The highest BCUT2D eigenvalue weighted by Gasteiger charge is 2.23. The summed E-state index contributed by atoms with van der Waals surface area (Å²) in [4.78, 5) is 15.1. The van der Waals surface area contributed by atoms with E-state index >= 15 is 0 Å². The minimum Gasteiger partial charge on any atom is -0.460 e. The van der Waals surface area contributed by atoms with E-state index in [1.165, 1.54) is 6.08 Å². The molecule has 2 heterocycles. The second kappa shape index (κ2) is 4.70. The van der Waals surface area contributed by atoms with Gasteiger partial charge in [0.1, 0.15) is 12.7 Å². The Labute approximate surface area is 87.5 Å². The van der Waals surface area contributed by atoms with Gasteiger partial charge in [-0.2, -0.15) is 0 Å². The number of epoxide rings is 1. The quantitative estimate of drug-likeness (QED) is 0.418. The zero-order valence-electron chi connectivity index (χ0n) is 8.13. The first kappa shape index (κ1) is 9.86. The van der Waals surface area contributed by atoms with E-state index in [4.69, 9.17) is 9.47 Å². The Hall–Kier alpha value is -1.68. The molecule has 78 valence electrons. The molecule has 0 aliphatic carbocycles. The highest BCUT2D eigenvalue weighted by molar-refractivity contribution is 5.86. The molecule has 0 aromatic carbocycles. The number of hydrogen-bond donors (Lipinski definition) is 0. The van der Waals surface area contributed by atoms with Crippen molar-refractivity contribution in [3.8, 4) is 0 Å². The van der Waals surface area contributed by atoms with E-state index in [0.717, 1.165) is 5.56 Å². The molecule has 0 spiro atoms. The summed E-state index contributed by atoms with van der Waals surface area (Å²) < 4.78 is 9.83. The molecule has 1 aromatic heterocycles. The van der Waals surface area contributed by atoms with Crippen molar-refractivity contribution in [3.63, 3.8) is 0 Å². The summed E-state index contributed by atoms with van der Waals surface area (Å²) in [7, 11) is 0. The first-order chi connectivity index (χ1) is 7.34. The molecule has 0 bridgehead atoms. The van der Waals surface area contributed by atoms with Crippen molar-refractivity contribution >= 4 is 12.0 Å². The van der Waals surface area contributed by atoms with Crippen LogP contribution in [0.3, 0.4) is 0 Å². The van der Waals surface area contributed by atoms with Gasteiger partial charge in [-0.25, -0.2) is 4.79 Å². The van der Waals surface area contributed by atoms with Gasteiger partial charge in [0.15, 0.2) is 0 Å². The fourth-order valence-corrected chi connectivity index (χ4v) is 1.03. The third kappa shape index (κ3) is 3.52.